The van der Waals surface area contributed by atoms with Gasteiger partial charge in [-0.1, -0.05) is 37.3 Å². The Kier molecular flexibility index (Phi) is 7.33. The first-order chi connectivity index (χ1) is 8.27. The summed E-state index contributed by atoms with van der Waals surface area (Å²) < 4.78 is 0. The topological polar surface area (TPSA) is 29.3 Å². The second kappa shape index (κ2) is 8.56. The molecule has 0 aliphatic carbocycles. The molecule has 0 spiro atoms. The lowest BCUT2D eigenvalue weighted by Gasteiger charge is -2.27. The van der Waals surface area contributed by atoms with Crippen LogP contribution in [0.25, 0.3) is 0 Å². The van der Waals surface area contributed by atoms with Gasteiger partial charge in [-0.05, 0) is 30.5 Å². The number of nitrogens with zero attached hydrogens (tertiary/aromatic N) is 1. The third-order valence-corrected chi connectivity index (χ3v) is 3.90. The van der Waals surface area contributed by atoms with Crippen LogP contribution in [0.1, 0.15) is 18.9 Å². The van der Waals surface area contributed by atoms with E-state index >= 15 is 0 Å². The monoisotopic (exact) mass is 252 g/mol. The van der Waals surface area contributed by atoms with Gasteiger partial charge in [0.05, 0.1) is 0 Å². The van der Waals surface area contributed by atoms with Gasteiger partial charge >= 0.3 is 0 Å². The Morgan fingerprint density at radius 3 is 2.59 bits per heavy atom. The first-order valence-electron chi connectivity index (χ1n) is 6.30. The first kappa shape index (κ1) is 14.6. The highest BCUT2D eigenvalue weighted by molar-refractivity contribution is 7.99. The molecule has 0 bridgehead atoms. The number of thioether (sulfide) groups is 1. The summed E-state index contributed by atoms with van der Waals surface area (Å²) in [5.74, 6) is 2.40. The van der Waals surface area contributed by atoms with Crippen LogP contribution >= 0.6 is 11.8 Å². The molecule has 0 radical (unpaired) electrons. The lowest BCUT2D eigenvalue weighted by molar-refractivity contribution is 0.234. The Bertz CT molecular complexity index is 290. The predicted molar refractivity (Wildman–Crippen MR) is 78.4 cm³/mol. The standard InChI is InChI=1S/C14H24N2S/c1-3-17-10-9-14(11-15)16(2)12-13-7-5-4-6-8-13/h4-8,14H,3,9-12,15H2,1-2H3. The molecule has 17 heavy (non-hydrogen) atoms. The summed E-state index contributed by atoms with van der Waals surface area (Å²) in [5, 5.41) is 0. The Balaban J connectivity index is 2.40. The molecule has 0 saturated heterocycles. The summed E-state index contributed by atoms with van der Waals surface area (Å²) in [6.45, 7) is 3.93. The molecule has 2 nitrogen and oxygen atoms in total. The highest BCUT2D eigenvalue weighted by Gasteiger charge is 2.12. The minimum absolute atomic E-state index is 0.495. The number of hydrogen-bond donors (Lipinski definition) is 1. The van der Waals surface area contributed by atoms with Gasteiger partial charge in [0.1, 0.15) is 0 Å². The van der Waals surface area contributed by atoms with Gasteiger partial charge in [-0.3, -0.25) is 4.90 Å². The van der Waals surface area contributed by atoms with E-state index in [1.54, 1.807) is 0 Å². The Hall–Kier alpha value is -0.510. The second-order valence-corrected chi connectivity index (χ2v) is 5.67. The molecule has 0 aromatic heterocycles. The molecule has 2 N–H and O–H groups in total. The fraction of sp³-hybridized carbons (Fsp3) is 0.571. The maximum absolute atomic E-state index is 5.86. The van der Waals surface area contributed by atoms with Crippen LogP contribution in [0.3, 0.4) is 0 Å². The van der Waals surface area contributed by atoms with Gasteiger partial charge in [0.15, 0.2) is 0 Å². The van der Waals surface area contributed by atoms with Crippen molar-refractivity contribution in [1.82, 2.24) is 4.90 Å². The molecule has 0 heterocycles. The molecule has 1 aromatic carbocycles. The molecule has 0 amide bonds. The molecule has 0 aliphatic rings. The number of benzene rings is 1. The Morgan fingerprint density at radius 1 is 1.29 bits per heavy atom. The van der Waals surface area contributed by atoms with Crippen LogP contribution in [0, 0.1) is 0 Å². The van der Waals surface area contributed by atoms with E-state index < -0.39 is 0 Å². The summed E-state index contributed by atoms with van der Waals surface area (Å²) in [6.07, 6.45) is 1.18. The number of hydrogen-bond acceptors (Lipinski definition) is 3. The van der Waals surface area contributed by atoms with Gasteiger partial charge in [-0.25, -0.2) is 0 Å². The smallest absolute Gasteiger partial charge is 0.0234 e. The zero-order valence-electron chi connectivity index (χ0n) is 10.9. The van der Waals surface area contributed by atoms with Crippen molar-refractivity contribution in [2.45, 2.75) is 25.9 Å². The van der Waals surface area contributed by atoms with Gasteiger partial charge in [0.2, 0.25) is 0 Å². The summed E-state index contributed by atoms with van der Waals surface area (Å²) in [5.41, 5.74) is 7.22. The molecular weight excluding hydrogens is 228 g/mol. The molecule has 1 aromatic rings. The van der Waals surface area contributed by atoms with Crippen LogP contribution in [0.5, 0.6) is 0 Å². The van der Waals surface area contributed by atoms with E-state index in [1.165, 1.54) is 23.5 Å². The molecule has 0 aliphatic heterocycles. The lowest BCUT2D eigenvalue weighted by atomic mass is 10.1. The van der Waals surface area contributed by atoms with E-state index in [9.17, 15) is 0 Å². The molecule has 3 heteroatoms. The van der Waals surface area contributed by atoms with Crippen molar-refractivity contribution < 1.29 is 0 Å². The third kappa shape index (κ3) is 5.57. The zero-order valence-corrected chi connectivity index (χ0v) is 11.7. The fourth-order valence-corrected chi connectivity index (χ4v) is 2.61. The van der Waals surface area contributed by atoms with Gasteiger partial charge in [-0.15, -0.1) is 0 Å². The van der Waals surface area contributed by atoms with E-state index in [1.807, 2.05) is 11.8 Å². The molecule has 1 unspecified atom stereocenters. The number of rotatable bonds is 8. The normalized spacial score (nSPS) is 12.9. The molecule has 1 rings (SSSR count). The van der Waals surface area contributed by atoms with Crippen molar-refractivity contribution in [1.29, 1.82) is 0 Å². The van der Waals surface area contributed by atoms with Crippen LogP contribution in [-0.4, -0.2) is 36.0 Å². The van der Waals surface area contributed by atoms with Gasteiger partial charge in [0, 0.05) is 19.1 Å². The van der Waals surface area contributed by atoms with Crippen LogP contribution in [0.15, 0.2) is 30.3 Å². The van der Waals surface area contributed by atoms with Crippen LogP contribution in [0.2, 0.25) is 0 Å². The Morgan fingerprint density at radius 2 is 2.00 bits per heavy atom. The van der Waals surface area contributed by atoms with E-state index in [4.69, 9.17) is 5.73 Å². The van der Waals surface area contributed by atoms with Gasteiger partial charge < -0.3 is 5.73 Å². The quantitative estimate of drug-likeness (QED) is 0.721. The summed E-state index contributed by atoms with van der Waals surface area (Å²) >= 11 is 1.99. The largest absolute Gasteiger partial charge is 0.329 e. The van der Waals surface area contributed by atoms with E-state index in [0.717, 1.165) is 13.1 Å². The maximum atomic E-state index is 5.86. The molecule has 1 atom stereocenters. The van der Waals surface area contributed by atoms with Crippen LogP contribution < -0.4 is 5.73 Å². The van der Waals surface area contributed by atoms with Crippen molar-refractivity contribution in [3.8, 4) is 0 Å². The highest BCUT2D eigenvalue weighted by atomic mass is 32.2. The fourth-order valence-electron chi connectivity index (χ4n) is 1.88. The molecule has 0 saturated carbocycles. The zero-order chi connectivity index (χ0) is 12.5. The summed E-state index contributed by atoms with van der Waals surface area (Å²) in [6, 6.07) is 11.1. The average molecular weight is 252 g/mol. The SMILES string of the molecule is CCSCCC(CN)N(C)Cc1ccccc1. The highest BCUT2D eigenvalue weighted by Crippen LogP contribution is 2.11. The van der Waals surface area contributed by atoms with E-state index in [0.29, 0.717) is 6.04 Å². The maximum Gasteiger partial charge on any atom is 0.0234 e. The van der Waals surface area contributed by atoms with Crippen molar-refractivity contribution in [3.63, 3.8) is 0 Å². The first-order valence-corrected chi connectivity index (χ1v) is 7.45. The molecular formula is C14H24N2S. The Labute approximate surface area is 110 Å². The van der Waals surface area contributed by atoms with E-state index in [2.05, 4.69) is 49.2 Å². The minimum atomic E-state index is 0.495. The number of nitrogens with two attached hydrogens (primary N) is 1. The summed E-state index contributed by atoms with van der Waals surface area (Å²) in [4.78, 5) is 2.37. The van der Waals surface area contributed by atoms with E-state index in [-0.39, 0.29) is 0 Å². The predicted octanol–water partition coefficient (Wildman–Crippen LogP) is 2.59. The lowest BCUT2D eigenvalue weighted by Crippen LogP contribution is -2.37. The van der Waals surface area contributed by atoms with Crippen molar-refractivity contribution in [2.24, 2.45) is 5.73 Å². The van der Waals surface area contributed by atoms with Crippen molar-refractivity contribution >= 4 is 11.8 Å². The molecule has 96 valence electrons. The third-order valence-electron chi connectivity index (χ3n) is 2.97. The van der Waals surface area contributed by atoms with Gasteiger partial charge in [-0.2, -0.15) is 11.8 Å². The van der Waals surface area contributed by atoms with Crippen LogP contribution in [0.4, 0.5) is 0 Å². The number of likely N-dealkylation sites (N-methyl/N-ethyl adjacent to an activating group) is 1. The van der Waals surface area contributed by atoms with Crippen molar-refractivity contribution in [2.75, 3.05) is 25.1 Å². The average Bonchev–Trinajstić information content (AvgIpc) is 2.36. The van der Waals surface area contributed by atoms with Crippen LogP contribution in [-0.2, 0) is 6.54 Å². The minimum Gasteiger partial charge on any atom is -0.329 e. The van der Waals surface area contributed by atoms with Gasteiger partial charge in [0.25, 0.3) is 0 Å². The second-order valence-electron chi connectivity index (χ2n) is 4.28. The van der Waals surface area contributed by atoms with Crippen molar-refractivity contribution in [3.05, 3.63) is 35.9 Å². The molecule has 0 fully saturated rings. The summed E-state index contributed by atoms with van der Waals surface area (Å²) in [7, 11) is 2.17.